The topological polar surface area (TPSA) is 46.9 Å². The Labute approximate surface area is 152 Å². The van der Waals surface area contributed by atoms with Gasteiger partial charge in [0, 0.05) is 24.5 Å². The van der Waals surface area contributed by atoms with E-state index in [9.17, 15) is 4.79 Å². The molecule has 0 spiro atoms. The van der Waals surface area contributed by atoms with Crippen LogP contribution in [0.4, 0.5) is 0 Å². The first kappa shape index (κ1) is 16.1. The van der Waals surface area contributed by atoms with Crippen LogP contribution in [0, 0.1) is 0 Å². The molecule has 0 fully saturated rings. The highest BCUT2D eigenvalue weighted by Gasteiger charge is 2.08. The molecule has 128 valence electrons. The molecule has 4 nitrogen and oxygen atoms in total. The van der Waals surface area contributed by atoms with Crippen molar-refractivity contribution in [3.63, 3.8) is 0 Å². The van der Waals surface area contributed by atoms with E-state index >= 15 is 0 Å². The molecular formula is C22H19N3O. The molecule has 4 rings (SSSR count). The van der Waals surface area contributed by atoms with Crippen LogP contribution in [0.3, 0.4) is 0 Å². The van der Waals surface area contributed by atoms with Gasteiger partial charge in [0.1, 0.15) is 0 Å². The Balaban J connectivity index is 1.48. The van der Waals surface area contributed by atoms with Gasteiger partial charge in [-0.25, -0.2) is 0 Å². The van der Waals surface area contributed by atoms with E-state index in [0.717, 1.165) is 11.1 Å². The second kappa shape index (κ2) is 7.23. The second-order valence-electron chi connectivity index (χ2n) is 6.22. The first-order valence-corrected chi connectivity index (χ1v) is 8.61. The van der Waals surface area contributed by atoms with Crippen LogP contribution in [0.2, 0.25) is 0 Å². The number of hydrogen-bond donors (Lipinski definition) is 1. The lowest BCUT2D eigenvalue weighted by Crippen LogP contribution is -2.23. The molecule has 1 aromatic heterocycles. The molecule has 1 heterocycles. The van der Waals surface area contributed by atoms with Crippen molar-refractivity contribution < 1.29 is 4.79 Å². The minimum absolute atomic E-state index is 0.0692. The van der Waals surface area contributed by atoms with Gasteiger partial charge in [0.05, 0.1) is 6.54 Å². The molecule has 1 amide bonds. The van der Waals surface area contributed by atoms with E-state index in [4.69, 9.17) is 0 Å². The third-order valence-corrected chi connectivity index (χ3v) is 4.41. The fraction of sp³-hybridized carbons (Fsp3) is 0.0909. The summed E-state index contributed by atoms with van der Waals surface area (Å²) in [6, 6.07) is 23.9. The Hall–Kier alpha value is -3.40. The SMILES string of the molecule is O=C(NCc1cccc2ccccc12)c1cccc(Cn2cccn2)c1. The summed E-state index contributed by atoms with van der Waals surface area (Å²) in [6.45, 7) is 1.15. The maximum Gasteiger partial charge on any atom is 0.251 e. The minimum atomic E-state index is -0.0692. The molecule has 0 aliphatic carbocycles. The molecule has 4 aromatic rings. The zero-order valence-electron chi connectivity index (χ0n) is 14.3. The Morgan fingerprint density at radius 1 is 0.962 bits per heavy atom. The van der Waals surface area contributed by atoms with Gasteiger partial charge in [-0.1, -0.05) is 54.6 Å². The molecule has 0 saturated heterocycles. The maximum atomic E-state index is 12.6. The highest BCUT2D eigenvalue weighted by molar-refractivity contribution is 5.94. The van der Waals surface area contributed by atoms with E-state index in [2.05, 4.69) is 34.7 Å². The number of fused-ring (bicyclic) bond motifs is 1. The molecule has 0 radical (unpaired) electrons. The number of carbonyl (C=O) groups is 1. The summed E-state index contributed by atoms with van der Waals surface area (Å²) >= 11 is 0. The van der Waals surface area contributed by atoms with Gasteiger partial charge in [-0.15, -0.1) is 0 Å². The zero-order chi connectivity index (χ0) is 17.8. The Kier molecular flexibility index (Phi) is 4.48. The van der Waals surface area contributed by atoms with Crippen LogP contribution < -0.4 is 5.32 Å². The molecule has 0 unspecified atom stereocenters. The summed E-state index contributed by atoms with van der Waals surface area (Å²) in [5.74, 6) is -0.0692. The molecule has 0 atom stereocenters. The standard InChI is InChI=1S/C22H19N3O/c26-22(19-9-3-6-17(14-19)16-25-13-5-12-24-25)23-15-20-10-4-8-18-7-1-2-11-21(18)20/h1-14H,15-16H2,(H,23,26). The molecule has 0 bridgehead atoms. The van der Waals surface area contributed by atoms with Crippen LogP contribution in [-0.4, -0.2) is 15.7 Å². The lowest BCUT2D eigenvalue weighted by atomic mass is 10.0. The predicted octanol–water partition coefficient (Wildman–Crippen LogP) is 4.01. The number of nitrogens with zero attached hydrogens (tertiary/aromatic N) is 2. The molecule has 0 saturated carbocycles. The zero-order valence-corrected chi connectivity index (χ0v) is 14.3. The van der Waals surface area contributed by atoms with Gasteiger partial charge in [-0.2, -0.15) is 5.10 Å². The average molecular weight is 341 g/mol. The van der Waals surface area contributed by atoms with Gasteiger partial charge in [0.15, 0.2) is 0 Å². The highest BCUT2D eigenvalue weighted by Crippen LogP contribution is 2.18. The van der Waals surface area contributed by atoms with Gasteiger partial charge in [0.25, 0.3) is 5.91 Å². The van der Waals surface area contributed by atoms with Crippen LogP contribution in [0.1, 0.15) is 21.5 Å². The third kappa shape index (κ3) is 3.49. The molecule has 0 aliphatic heterocycles. The number of nitrogens with one attached hydrogen (secondary N) is 1. The molecular weight excluding hydrogens is 322 g/mol. The van der Waals surface area contributed by atoms with E-state index in [1.165, 1.54) is 10.8 Å². The highest BCUT2D eigenvalue weighted by atomic mass is 16.1. The number of rotatable bonds is 5. The number of benzene rings is 3. The van der Waals surface area contributed by atoms with Crippen LogP contribution in [0.5, 0.6) is 0 Å². The lowest BCUT2D eigenvalue weighted by Gasteiger charge is -2.10. The first-order valence-electron chi connectivity index (χ1n) is 8.61. The van der Waals surface area contributed by atoms with Gasteiger partial charge in [-0.3, -0.25) is 9.48 Å². The molecule has 4 heteroatoms. The van der Waals surface area contributed by atoms with Crippen molar-refractivity contribution in [2.75, 3.05) is 0 Å². The monoisotopic (exact) mass is 341 g/mol. The van der Waals surface area contributed by atoms with Crippen LogP contribution in [-0.2, 0) is 13.1 Å². The van der Waals surface area contributed by atoms with E-state index in [0.29, 0.717) is 18.7 Å². The summed E-state index contributed by atoms with van der Waals surface area (Å²) < 4.78 is 1.84. The number of aromatic nitrogens is 2. The number of hydrogen-bond acceptors (Lipinski definition) is 2. The molecule has 1 N–H and O–H groups in total. The Morgan fingerprint density at radius 3 is 2.69 bits per heavy atom. The fourth-order valence-corrected chi connectivity index (χ4v) is 3.12. The third-order valence-electron chi connectivity index (χ3n) is 4.41. The first-order chi connectivity index (χ1) is 12.8. The second-order valence-corrected chi connectivity index (χ2v) is 6.22. The van der Waals surface area contributed by atoms with Crippen LogP contribution in [0.25, 0.3) is 10.8 Å². The summed E-state index contributed by atoms with van der Waals surface area (Å²) in [6.07, 6.45) is 3.66. The number of amides is 1. The Bertz CT molecular complexity index is 1030. The summed E-state index contributed by atoms with van der Waals surface area (Å²) in [5, 5.41) is 9.59. The van der Waals surface area contributed by atoms with Crippen LogP contribution in [0.15, 0.2) is 85.2 Å². The van der Waals surface area contributed by atoms with Gasteiger partial charge < -0.3 is 5.32 Å². The molecule has 0 aliphatic rings. The summed E-state index contributed by atoms with van der Waals surface area (Å²) in [7, 11) is 0. The minimum Gasteiger partial charge on any atom is -0.348 e. The van der Waals surface area contributed by atoms with Gasteiger partial charge in [-0.05, 0) is 40.1 Å². The van der Waals surface area contributed by atoms with Crippen molar-refractivity contribution in [2.45, 2.75) is 13.1 Å². The molecule has 3 aromatic carbocycles. The van der Waals surface area contributed by atoms with Gasteiger partial charge >= 0.3 is 0 Å². The van der Waals surface area contributed by atoms with Crippen molar-refractivity contribution in [3.8, 4) is 0 Å². The predicted molar refractivity (Wildman–Crippen MR) is 103 cm³/mol. The smallest absolute Gasteiger partial charge is 0.251 e. The average Bonchev–Trinajstić information content (AvgIpc) is 3.19. The van der Waals surface area contributed by atoms with E-state index < -0.39 is 0 Å². The van der Waals surface area contributed by atoms with Crippen molar-refractivity contribution in [3.05, 3.63) is 102 Å². The lowest BCUT2D eigenvalue weighted by molar-refractivity contribution is 0.0951. The van der Waals surface area contributed by atoms with E-state index in [1.54, 1.807) is 6.20 Å². The maximum absolute atomic E-state index is 12.6. The quantitative estimate of drug-likeness (QED) is 0.596. The summed E-state index contributed by atoms with van der Waals surface area (Å²) in [4.78, 5) is 12.6. The number of carbonyl (C=O) groups excluding carboxylic acids is 1. The van der Waals surface area contributed by atoms with E-state index in [-0.39, 0.29) is 5.91 Å². The van der Waals surface area contributed by atoms with Gasteiger partial charge in [0.2, 0.25) is 0 Å². The van der Waals surface area contributed by atoms with Crippen molar-refractivity contribution in [1.82, 2.24) is 15.1 Å². The molecule has 26 heavy (non-hydrogen) atoms. The van der Waals surface area contributed by atoms with Crippen LogP contribution >= 0.6 is 0 Å². The normalized spacial score (nSPS) is 10.8. The largest absolute Gasteiger partial charge is 0.348 e. The van der Waals surface area contributed by atoms with E-state index in [1.807, 2.05) is 59.4 Å². The van der Waals surface area contributed by atoms with Crippen molar-refractivity contribution in [1.29, 1.82) is 0 Å². The van der Waals surface area contributed by atoms with Crippen molar-refractivity contribution >= 4 is 16.7 Å². The summed E-state index contributed by atoms with van der Waals surface area (Å²) in [5.41, 5.74) is 2.82. The fourth-order valence-electron chi connectivity index (χ4n) is 3.12. The Morgan fingerprint density at radius 2 is 1.81 bits per heavy atom. The van der Waals surface area contributed by atoms with Crippen molar-refractivity contribution in [2.24, 2.45) is 0 Å².